The van der Waals surface area contributed by atoms with Crippen LogP contribution in [0.5, 0.6) is 0 Å². The molecule has 100 valence electrons. The van der Waals surface area contributed by atoms with Gasteiger partial charge >= 0.3 is 5.97 Å². The molecule has 0 aliphatic rings. The normalized spacial score (nSPS) is 10.5. The van der Waals surface area contributed by atoms with Crippen LogP contribution in [0.25, 0.3) is 0 Å². The molecule has 0 radical (unpaired) electrons. The Hall–Kier alpha value is -2.23. The molecule has 2 aromatic rings. The fourth-order valence-electron chi connectivity index (χ4n) is 2.12. The summed E-state index contributed by atoms with van der Waals surface area (Å²) in [4.78, 5) is 13.0. The van der Waals surface area contributed by atoms with E-state index in [-0.39, 0.29) is 5.76 Å². The first-order chi connectivity index (χ1) is 8.99. The van der Waals surface area contributed by atoms with Crippen LogP contribution in [0, 0.1) is 13.8 Å². The minimum Gasteiger partial charge on any atom is -0.475 e. The van der Waals surface area contributed by atoms with Crippen molar-refractivity contribution >= 4 is 11.7 Å². The summed E-state index contributed by atoms with van der Waals surface area (Å²) in [5.41, 5.74) is 4.11. The number of rotatable bonds is 4. The molecular weight excluding hydrogens is 242 g/mol. The first-order valence-corrected chi connectivity index (χ1v) is 6.07. The summed E-state index contributed by atoms with van der Waals surface area (Å²) in [7, 11) is 1.94. The average molecular weight is 259 g/mol. The lowest BCUT2D eigenvalue weighted by Crippen LogP contribution is -2.18. The number of hydrogen-bond acceptors (Lipinski definition) is 3. The van der Waals surface area contributed by atoms with Crippen molar-refractivity contribution in [2.24, 2.45) is 0 Å². The SMILES string of the molecule is Cc1ccc(C)c(N(C)Cc2ccoc2C(=O)O)c1. The van der Waals surface area contributed by atoms with E-state index >= 15 is 0 Å². The van der Waals surface area contributed by atoms with E-state index in [4.69, 9.17) is 9.52 Å². The van der Waals surface area contributed by atoms with E-state index in [0.29, 0.717) is 12.1 Å². The van der Waals surface area contributed by atoms with E-state index in [1.54, 1.807) is 6.07 Å². The Morgan fingerprint density at radius 2 is 2.05 bits per heavy atom. The van der Waals surface area contributed by atoms with Crippen LogP contribution in [0.2, 0.25) is 0 Å². The Labute approximate surface area is 112 Å². The summed E-state index contributed by atoms with van der Waals surface area (Å²) in [5.74, 6) is -1.02. The van der Waals surface area contributed by atoms with E-state index in [0.717, 1.165) is 11.3 Å². The van der Waals surface area contributed by atoms with Gasteiger partial charge in [0.2, 0.25) is 5.76 Å². The van der Waals surface area contributed by atoms with Crippen molar-refractivity contribution in [1.29, 1.82) is 0 Å². The molecule has 0 bridgehead atoms. The summed E-state index contributed by atoms with van der Waals surface area (Å²) in [6.45, 7) is 4.58. The number of aromatic carboxylic acids is 1. The number of hydrogen-bond donors (Lipinski definition) is 1. The zero-order valence-electron chi connectivity index (χ0n) is 11.3. The molecule has 1 heterocycles. The lowest BCUT2D eigenvalue weighted by atomic mass is 10.1. The summed E-state index contributed by atoms with van der Waals surface area (Å²) >= 11 is 0. The minimum atomic E-state index is -1.03. The van der Waals surface area contributed by atoms with Crippen molar-refractivity contribution in [2.45, 2.75) is 20.4 Å². The number of furan rings is 1. The van der Waals surface area contributed by atoms with Gasteiger partial charge in [-0.3, -0.25) is 0 Å². The standard InChI is InChI=1S/C15H17NO3/c1-10-4-5-11(2)13(8-10)16(3)9-12-6-7-19-14(12)15(17)18/h4-8H,9H2,1-3H3,(H,17,18). The van der Waals surface area contributed by atoms with Gasteiger partial charge in [-0.25, -0.2) is 4.79 Å². The largest absolute Gasteiger partial charge is 0.475 e. The molecule has 0 aliphatic heterocycles. The minimum absolute atomic E-state index is 0.0113. The molecule has 0 saturated carbocycles. The summed E-state index contributed by atoms with van der Waals surface area (Å²) < 4.78 is 4.99. The Bertz CT molecular complexity index is 601. The zero-order chi connectivity index (χ0) is 14.0. The second-order valence-corrected chi connectivity index (χ2v) is 4.73. The molecule has 0 aliphatic carbocycles. The lowest BCUT2D eigenvalue weighted by molar-refractivity contribution is 0.0661. The topological polar surface area (TPSA) is 53.7 Å². The van der Waals surface area contributed by atoms with Crippen LogP contribution in [-0.2, 0) is 6.54 Å². The van der Waals surface area contributed by atoms with Gasteiger partial charge < -0.3 is 14.4 Å². The van der Waals surface area contributed by atoms with E-state index < -0.39 is 5.97 Å². The number of benzene rings is 1. The summed E-state index contributed by atoms with van der Waals surface area (Å²) in [6, 6.07) is 7.92. The van der Waals surface area contributed by atoms with Gasteiger partial charge in [0, 0.05) is 24.8 Å². The molecule has 4 heteroatoms. The van der Waals surface area contributed by atoms with E-state index in [9.17, 15) is 4.79 Å². The molecule has 0 atom stereocenters. The number of aryl methyl sites for hydroxylation is 2. The molecule has 1 N–H and O–H groups in total. The smallest absolute Gasteiger partial charge is 0.372 e. The number of carboxylic acid groups (broad SMARTS) is 1. The molecule has 0 spiro atoms. The van der Waals surface area contributed by atoms with Crippen LogP contribution in [0.4, 0.5) is 5.69 Å². The van der Waals surface area contributed by atoms with E-state index in [2.05, 4.69) is 18.2 Å². The fourth-order valence-corrected chi connectivity index (χ4v) is 2.12. The Balaban J connectivity index is 2.25. The lowest BCUT2D eigenvalue weighted by Gasteiger charge is -2.21. The predicted molar refractivity (Wildman–Crippen MR) is 73.7 cm³/mol. The van der Waals surface area contributed by atoms with Gasteiger partial charge in [0.25, 0.3) is 0 Å². The van der Waals surface area contributed by atoms with Crippen LogP contribution >= 0.6 is 0 Å². The van der Waals surface area contributed by atoms with Crippen LogP contribution < -0.4 is 4.90 Å². The Morgan fingerprint density at radius 3 is 2.74 bits per heavy atom. The van der Waals surface area contributed by atoms with E-state index in [1.165, 1.54) is 11.8 Å². The molecule has 0 saturated heterocycles. The summed E-state index contributed by atoms with van der Waals surface area (Å²) in [6.07, 6.45) is 1.41. The number of anilines is 1. The molecule has 1 aromatic carbocycles. The second kappa shape index (κ2) is 5.18. The number of nitrogens with zero attached hydrogens (tertiary/aromatic N) is 1. The number of carbonyl (C=O) groups is 1. The van der Waals surface area contributed by atoms with Crippen LogP contribution in [0.15, 0.2) is 34.9 Å². The maximum Gasteiger partial charge on any atom is 0.372 e. The predicted octanol–water partition coefficient (Wildman–Crippen LogP) is 3.23. The third-order valence-electron chi connectivity index (χ3n) is 3.12. The summed E-state index contributed by atoms with van der Waals surface area (Å²) in [5, 5.41) is 9.02. The maximum absolute atomic E-state index is 11.0. The second-order valence-electron chi connectivity index (χ2n) is 4.73. The molecule has 0 unspecified atom stereocenters. The molecular formula is C15H17NO3. The van der Waals surface area contributed by atoms with Gasteiger partial charge in [-0.1, -0.05) is 12.1 Å². The first-order valence-electron chi connectivity index (χ1n) is 6.07. The molecule has 4 nitrogen and oxygen atoms in total. The molecule has 2 rings (SSSR count). The molecule has 19 heavy (non-hydrogen) atoms. The van der Waals surface area contributed by atoms with Gasteiger partial charge in [0.15, 0.2) is 0 Å². The van der Waals surface area contributed by atoms with Crippen molar-refractivity contribution in [3.63, 3.8) is 0 Å². The Morgan fingerprint density at radius 1 is 1.32 bits per heavy atom. The van der Waals surface area contributed by atoms with Gasteiger partial charge in [-0.15, -0.1) is 0 Å². The van der Waals surface area contributed by atoms with Crippen molar-refractivity contribution < 1.29 is 14.3 Å². The van der Waals surface area contributed by atoms with Crippen molar-refractivity contribution in [3.05, 3.63) is 53.0 Å². The van der Waals surface area contributed by atoms with Gasteiger partial charge in [0.1, 0.15) is 0 Å². The molecule has 0 amide bonds. The van der Waals surface area contributed by atoms with Crippen molar-refractivity contribution in [2.75, 3.05) is 11.9 Å². The fraction of sp³-hybridized carbons (Fsp3) is 0.267. The monoisotopic (exact) mass is 259 g/mol. The third kappa shape index (κ3) is 2.78. The van der Waals surface area contributed by atoms with E-state index in [1.807, 2.05) is 25.8 Å². The Kier molecular flexibility index (Phi) is 3.60. The van der Waals surface area contributed by atoms with Gasteiger partial charge in [-0.2, -0.15) is 0 Å². The van der Waals surface area contributed by atoms with Gasteiger partial charge in [-0.05, 0) is 37.1 Å². The quantitative estimate of drug-likeness (QED) is 0.915. The molecule has 0 fully saturated rings. The highest BCUT2D eigenvalue weighted by atomic mass is 16.4. The van der Waals surface area contributed by atoms with Crippen LogP contribution in [0.3, 0.4) is 0 Å². The highest BCUT2D eigenvalue weighted by Gasteiger charge is 2.16. The highest BCUT2D eigenvalue weighted by Crippen LogP contribution is 2.23. The van der Waals surface area contributed by atoms with Crippen LogP contribution in [0.1, 0.15) is 27.2 Å². The zero-order valence-corrected chi connectivity index (χ0v) is 11.3. The maximum atomic E-state index is 11.0. The van der Waals surface area contributed by atoms with Gasteiger partial charge in [0.05, 0.1) is 6.26 Å². The van der Waals surface area contributed by atoms with Crippen molar-refractivity contribution in [1.82, 2.24) is 0 Å². The highest BCUT2D eigenvalue weighted by molar-refractivity contribution is 5.86. The molecule has 1 aromatic heterocycles. The van der Waals surface area contributed by atoms with Crippen molar-refractivity contribution in [3.8, 4) is 0 Å². The third-order valence-corrected chi connectivity index (χ3v) is 3.12. The number of carboxylic acids is 1. The first kappa shape index (κ1) is 13.2. The average Bonchev–Trinajstić information content (AvgIpc) is 2.80. The van der Waals surface area contributed by atoms with Crippen LogP contribution in [-0.4, -0.2) is 18.1 Å².